The number of carbonyl (C=O) groups excluding carboxylic acids is 6. The summed E-state index contributed by atoms with van der Waals surface area (Å²) < 4.78 is 113. The van der Waals surface area contributed by atoms with Crippen LogP contribution in [0.25, 0.3) is 0 Å². The number of likely N-dealkylation sites (N-methyl/N-ethyl adjacent to an activating group) is 1. The number of carboxylic acid groups (broad SMARTS) is 1. The summed E-state index contributed by atoms with van der Waals surface area (Å²) >= 11 is 0. The standard InChI is InChI=1S/C49H95N5O14S2.C2HF3O2/c1-48(2,3)67-46(58)27-23-21-19-17-15-13-11-10-12-14-16-18-20-22-26-44(56)53-42(47(59)68-49(4,5)6)28-29-43(55)50-31-24-40-69(60,61)51-32-25-41-70(62,63)52-33-34-54(7,8)35-37-66-39-38-65-36-30-45(57)64-9;3-2(4,5)1(6)7/h42,51-52H,10-41H2,1-9H3,(H-,50,53,55,56);(H,6,7)/t42-;/m0./s1. The lowest BCUT2D eigenvalue weighted by Gasteiger charge is -2.29. The maximum atomic E-state index is 13.0. The van der Waals surface area contributed by atoms with Gasteiger partial charge in [0.05, 0.1) is 78.6 Å². The number of carbonyl (C=O) groups is 6. The highest BCUT2D eigenvalue weighted by Gasteiger charge is 2.29. The lowest BCUT2D eigenvalue weighted by molar-refractivity contribution is -0.889. The molecule has 26 heteroatoms. The summed E-state index contributed by atoms with van der Waals surface area (Å²) in [5, 5.41) is 14.2. The number of rotatable bonds is 44. The van der Waals surface area contributed by atoms with Gasteiger partial charge in [-0.3, -0.25) is 19.2 Å². The number of hydrogen-bond donors (Lipinski definition) is 4. The molecule has 1 atom stereocenters. The normalized spacial score (nSPS) is 12.7. The number of quaternary nitrogens is 1. The van der Waals surface area contributed by atoms with Gasteiger partial charge in [-0.15, -0.1) is 0 Å². The van der Waals surface area contributed by atoms with Crippen molar-refractivity contribution >= 4 is 55.7 Å². The molecule has 0 heterocycles. The average Bonchev–Trinajstić information content (AvgIpc) is 3.29. The molecule has 0 rings (SSSR count). The molecule has 21 nitrogen and oxygen atoms in total. The predicted molar refractivity (Wildman–Crippen MR) is 284 cm³/mol. The molecule has 0 aliphatic carbocycles. The van der Waals surface area contributed by atoms with Crippen LogP contribution in [0, 0.1) is 0 Å². The third-order valence-electron chi connectivity index (χ3n) is 11.1. The first-order chi connectivity index (χ1) is 35.7. The Hall–Kier alpha value is -3.69. The molecule has 0 aliphatic heterocycles. The molecule has 0 radical (unpaired) electrons. The molecule has 0 aromatic rings. The van der Waals surface area contributed by atoms with Crippen LogP contribution in [-0.4, -0.2) is 172 Å². The zero-order valence-electron chi connectivity index (χ0n) is 47.6. The van der Waals surface area contributed by atoms with E-state index >= 15 is 0 Å². The van der Waals surface area contributed by atoms with Gasteiger partial charge >= 0.3 is 24.1 Å². The Labute approximate surface area is 458 Å². The first kappa shape index (κ1) is 75.4. The van der Waals surface area contributed by atoms with E-state index in [4.69, 9.17) is 28.8 Å². The van der Waals surface area contributed by atoms with E-state index in [0.717, 1.165) is 38.5 Å². The van der Waals surface area contributed by atoms with Crippen LogP contribution in [0.1, 0.15) is 176 Å². The average molecular weight is 1160 g/mol. The molecule has 454 valence electrons. The summed E-state index contributed by atoms with van der Waals surface area (Å²) in [5.41, 5.74) is -1.21. The van der Waals surface area contributed by atoms with Gasteiger partial charge in [-0.1, -0.05) is 77.0 Å². The Bertz CT molecular complexity index is 1900. The maximum Gasteiger partial charge on any atom is 0.430 e. The molecule has 0 aromatic carbocycles. The van der Waals surface area contributed by atoms with E-state index in [-0.39, 0.29) is 94.1 Å². The van der Waals surface area contributed by atoms with Gasteiger partial charge in [-0.2, -0.15) is 13.2 Å². The molecule has 0 unspecified atom stereocenters. The Morgan fingerprint density at radius 1 is 0.532 bits per heavy atom. The highest BCUT2D eigenvalue weighted by molar-refractivity contribution is 7.89. The number of alkyl halides is 3. The molecule has 0 aliphatic rings. The largest absolute Gasteiger partial charge is 0.542 e. The van der Waals surface area contributed by atoms with E-state index < -0.39 is 61.3 Å². The van der Waals surface area contributed by atoms with Crippen molar-refractivity contribution in [3.05, 3.63) is 0 Å². The number of hydrogen-bond acceptors (Lipinski definition) is 16. The van der Waals surface area contributed by atoms with Crippen LogP contribution < -0.4 is 25.2 Å². The van der Waals surface area contributed by atoms with Crippen molar-refractivity contribution in [3.63, 3.8) is 0 Å². The molecule has 0 aromatic heterocycles. The highest BCUT2D eigenvalue weighted by atomic mass is 32.2. The first-order valence-electron chi connectivity index (χ1n) is 27.0. The highest BCUT2D eigenvalue weighted by Crippen LogP contribution is 2.16. The van der Waals surface area contributed by atoms with Gasteiger partial charge in [-0.05, 0) is 73.6 Å². The van der Waals surface area contributed by atoms with Gasteiger partial charge in [-0.25, -0.2) is 31.1 Å². The fraction of sp³-hybridized carbons (Fsp3) is 0.882. The van der Waals surface area contributed by atoms with Crippen LogP contribution in [0.5, 0.6) is 0 Å². The number of unbranched alkanes of at least 4 members (excludes halogenated alkanes) is 13. The number of sulfonamides is 2. The lowest BCUT2D eigenvalue weighted by Crippen LogP contribution is -2.47. The monoisotopic (exact) mass is 1160 g/mol. The minimum atomic E-state index is -5.19. The topological polar surface area (TPSA) is 288 Å². The summed E-state index contributed by atoms with van der Waals surface area (Å²) in [7, 11) is -2.14. The van der Waals surface area contributed by atoms with Crippen molar-refractivity contribution in [2.75, 3.05) is 91.9 Å². The Balaban J connectivity index is 0. The summed E-state index contributed by atoms with van der Waals surface area (Å²) in [6.07, 6.45) is 11.2. The number of nitrogens with zero attached hydrogens (tertiary/aromatic N) is 1. The Kier molecular flexibility index (Phi) is 40.5. The molecule has 0 bridgehead atoms. The van der Waals surface area contributed by atoms with E-state index in [1.165, 1.54) is 52.1 Å². The van der Waals surface area contributed by atoms with Gasteiger partial charge in [0.25, 0.3) is 0 Å². The second-order valence-electron chi connectivity index (χ2n) is 21.4. The zero-order valence-corrected chi connectivity index (χ0v) is 49.3. The summed E-state index contributed by atoms with van der Waals surface area (Å²) in [6, 6.07) is -1.01. The molecule has 77 heavy (non-hydrogen) atoms. The van der Waals surface area contributed by atoms with Gasteiger partial charge in [0.2, 0.25) is 31.9 Å². The van der Waals surface area contributed by atoms with Gasteiger partial charge in [0, 0.05) is 32.4 Å². The molecular weight excluding hydrogens is 1060 g/mol. The zero-order chi connectivity index (χ0) is 59.0. The van der Waals surface area contributed by atoms with Gasteiger partial charge in [0.1, 0.15) is 29.8 Å². The second-order valence-corrected chi connectivity index (χ2v) is 25.3. The van der Waals surface area contributed by atoms with E-state index in [1.807, 2.05) is 34.9 Å². The van der Waals surface area contributed by atoms with Crippen LogP contribution in [0.3, 0.4) is 0 Å². The minimum absolute atomic E-state index is 0.0186. The number of carboxylic acids is 1. The Morgan fingerprint density at radius 3 is 1.44 bits per heavy atom. The van der Waals surface area contributed by atoms with Crippen LogP contribution in [-0.2, 0) is 72.5 Å². The lowest BCUT2D eigenvalue weighted by atomic mass is 10.0. The minimum Gasteiger partial charge on any atom is -0.542 e. The Morgan fingerprint density at radius 2 is 0.974 bits per heavy atom. The van der Waals surface area contributed by atoms with E-state index in [2.05, 4.69) is 24.8 Å². The third-order valence-corrected chi connectivity index (χ3v) is 14.1. The number of aliphatic carboxylic acids is 1. The van der Waals surface area contributed by atoms with Crippen LogP contribution in [0.2, 0.25) is 0 Å². The first-order valence-corrected chi connectivity index (χ1v) is 30.3. The van der Waals surface area contributed by atoms with Gasteiger partial charge < -0.3 is 48.7 Å². The molecule has 0 fully saturated rings. The predicted octanol–water partition coefficient (Wildman–Crippen LogP) is 4.88. The number of ether oxygens (including phenoxy) is 5. The number of methoxy groups -OCH3 is 1. The number of nitrogens with one attached hydrogen (secondary N) is 4. The van der Waals surface area contributed by atoms with E-state index in [0.29, 0.717) is 50.2 Å². The third kappa shape index (κ3) is 51.5. The fourth-order valence-electron chi connectivity index (χ4n) is 6.95. The molecule has 0 spiro atoms. The van der Waals surface area contributed by atoms with Crippen molar-refractivity contribution in [1.82, 2.24) is 20.1 Å². The molecule has 4 N–H and O–H groups in total. The summed E-state index contributed by atoms with van der Waals surface area (Å²) in [6.45, 7) is 13.6. The quantitative estimate of drug-likeness (QED) is 0.0274. The van der Waals surface area contributed by atoms with Crippen molar-refractivity contribution in [2.45, 2.75) is 200 Å². The summed E-state index contributed by atoms with van der Waals surface area (Å²) in [4.78, 5) is 70.1. The molecule has 0 saturated carbocycles. The van der Waals surface area contributed by atoms with Crippen molar-refractivity contribution < 1.29 is 92.0 Å². The van der Waals surface area contributed by atoms with Gasteiger partial charge in [0.15, 0.2) is 0 Å². The van der Waals surface area contributed by atoms with E-state index in [1.54, 1.807) is 20.8 Å². The van der Waals surface area contributed by atoms with Crippen molar-refractivity contribution in [2.24, 2.45) is 0 Å². The van der Waals surface area contributed by atoms with Crippen LogP contribution in [0.15, 0.2) is 0 Å². The summed E-state index contributed by atoms with van der Waals surface area (Å²) in [5.74, 6) is -5.30. The molecule has 0 saturated heterocycles. The number of esters is 3. The molecular formula is C51H96F3N5O16S2. The van der Waals surface area contributed by atoms with Crippen LogP contribution in [0.4, 0.5) is 13.2 Å². The number of halogens is 3. The SMILES string of the molecule is COC(=O)CCOCCOCC[N+](C)(C)CCNS(=O)(=O)CCCNS(=O)(=O)CCCNC(=O)CC[C@H](NC(=O)CCCCCCCCCCCCCCCCC(=O)OC(C)(C)C)C(=O)OC(C)(C)C.O=C([O-])C(F)(F)F. The van der Waals surface area contributed by atoms with Crippen molar-refractivity contribution in [1.29, 1.82) is 0 Å². The van der Waals surface area contributed by atoms with E-state index in [9.17, 15) is 54.0 Å². The van der Waals surface area contributed by atoms with Crippen LogP contribution >= 0.6 is 0 Å². The molecule has 2 amide bonds. The smallest absolute Gasteiger partial charge is 0.430 e. The maximum absolute atomic E-state index is 13.0. The number of amides is 2. The van der Waals surface area contributed by atoms with Crippen molar-refractivity contribution in [3.8, 4) is 0 Å². The second kappa shape index (κ2) is 41.3. The fourth-order valence-corrected chi connectivity index (χ4v) is 9.15.